The van der Waals surface area contributed by atoms with Gasteiger partial charge in [0.2, 0.25) is 0 Å². The smallest absolute Gasteiger partial charge is 0.252 e. The summed E-state index contributed by atoms with van der Waals surface area (Å²) in [5.74, 6) is 0.327. The topological polar surface area (TPSA) is 58.6 Å². The van der Waals surface area contributed by atoms with E-state index in [1.807, 2.05) is 29.6 Å². The third-order valence-corrected chi connectivity index (χ3v) is 5.40. The van der Waals surface area contributed by atoms with Crippen LogP contribution in [0.3, 0.4) is 0 Å². The fourth-order valence-electron chi connectivity index (χ4n) is 2.53. The molecule has 0 unspecified atom stereocenters. The third-order valence-electron chi connectivity index (χ3n) is 4.02. The standard InChI is InChI=1S/C20H18BrNO3S/c1-25-16-6-7-18(21)17(10-16)20(24)22-11-19(23)14-4-2-13(3-5-14)15-8-9-26-12-15/h2-10,12,19,23H,11H2,1H3,(H,22,24)/t19-/m1/s1. The van der Waals surface area contributed by atoms with Crippen LogP contribution < -0.4 is 10.1 Å². The van der Waals surface area contributed by atoms with E-state index in [0.717, 1.165) is 16.7 Å². The summed E-state index contributed by atoms with van der Waals surface area (Å²) in [5.41, 5.74) is 3.48. The number of rotatable bonds is 6. The number of thiophene rings is 1. The number of hydrogen-bond donors (Lipinski definition) is 2. The highest BCUT2D eigenvalue weighted by molar-refractivity contribution is 9.10. The van der Waals surface area contributed by atoms with Crippen molar-refractivity contribution in [2.45, 2.75) is 6.10 Å². The van der Waals surface area contributed by atoms with Crippen LogP contribution in [0.25, 0.3) is 11.1 Å². The summed E-state index contributed by atoms with van der Waals surface area (Å²) >= 11 is 5.01. The Hall–Kier alpha value is -2.15. The molecule has 0 bridgehead atoms. The van der Waals surface area contributed by atoms with Crippen LogP contribution in [-0.2, 0) is 0 Å². The van der Waals surface area contributed by atoms with Crippen molar-refractivity contribution < 1.29 is 14.6 Å². The second-order valence-electron chi connectivity index (χ2n) is 5.71. The summed E-state index contributed by atoms with van der Waals surface area (Å²) in [7, 11) is 1.55. The van der Waals surface area contributed by atoms with Crippen LogP contribution in [0.15, 0.2) is 63.8 Å². The van der Waals surface area contributed by atoms with Crippen molar-refractivity contribution >= 4 is 33.2 Å². The van der Waals surface area contributed by atoms with Gasteiger partial charge < -0.3 is 15.2 Å². The van der Waals surface area contributed by atoms with E-state index in [1.54, 1.807) is 36.6 Å². The molecule has 3 aromatic rings. The van der Waals surface area contributed by atoms with Gasteiger partial charge >= 0.3 is 0 Å². The number of halogens is 1. The van der Waals surface area contributed by atoms with Crippen molar-refractivity contribution in [3.63, 3.8) is 0 Å². The maximum absolute atomic E-state index is 12.4. The van der Waals surface area contributed by atoms with E-state index in [2.05, 4.69) is 32.7 Å². The average Bonchev–Trinajstić information content (AvgIpc) is 3.21. The summed E-state index contributed by atoms with van der Waals surface area (Å²) < 4.78 is 5.82. The molecule has 0 fully saturated rings. The van der Waals surface area contributed by atoms with Gasteiger partial charge in [-0.25, -0.2) is 0 Å². The Morgan fingerprint density at radius 1 is 1.19 bits per heavy atom. The zero-order valence-electron chi connectivity index (χ0n) is 14.1. The first-order valence-electron chi connectivity index (χ1n) is 8.01. The number of hydrogen-bond acceptors (Lipinski definition) is 4. The molecule has 0 aliphatic rings. The Morgan fingerprint density at radius 3 is 2.62 bits per heavy atom. The molecule has 1 heterocycles. The summed E-state index contributed by atoms with van der Waals surface area (Å²) in [4.78, 5) is 12.4. The van der Waals surface area contributed by atoms with Crippen molar-refractivity contribution in [3.8, 4) is 16.9 Å². The maximum Gasteiger partial charge on any atom is 0.252 e. The zero-order chi connectivity index (χ0) is 18.5. The normalized spacial score (nSPS) is 11.8. The molecular weight excluding hydrogens is 414 g/mol. The average molecular weight is 432 g/mol. The van der Waals surface area contributed by atoms with Crippen molar-refractivity contribution in [2.75, 3.05) is 13.7 Å². The van der Waals surface area contributed by atoms with Gasteiger partial charge in [0.25, 0.3) is 5.91 Å². The summed E-state index contributed by atoms with van der Waals surface area (Å²) in [6, 6.07) is 14.9. The molecule has 6 heteroatoms. The summed E-state index contributed by atoms with van der Waals surface area (Å²) in [5, 5.41) is 17.2. The van der Waals surface area contributed by atoms with E-state index in [4.69, 9.17) is 4.74 Å². The highest BCUT2D eigenvalue weighted by atomic mass is 79.9. The third kappa shape index (κ3) is 4.33. The molecule has 4 nitrogen and oxygen atoms in total. The van der Waals surface area contributed by atoms with Gasteiger partial charge in [0.15, 0.2) is 0 Å². The van der Waals surface area contributed by atoms with Gasteiger partial charge in [0, 0.05) is 11.0 Å². The van der Waals surface area contributed by atoms with Crippen molar-refractivity contribution in [2.24, 2.45) is 0 Å². The fourth-order valence-corrected chi connectivity index (χ4v) is 3.63. The molecular formula is C20H18BrNO3S. The lowest BCUT2D eigenvalue weighted by Gasteiger charge is -2.14. The van der Waals surface area contributed by atoms with Crippen LogP contribution in [0.4, 0.5) is 0 Å². The molecule has 1 atom stereocenters. The minimum absolute atomic E-state index is 0.125. The molecule has 1 aromatic heterocycles. The Morgan fingerprint density at radius 2 is 1.96 bits per heavy atom. The maximum atomic E-state index is 12.4. The zero-order valence-corrected chi connectivity index (χ0v) is 16.5. The van der Waals surface area contributed by atoms with E-state index in [0.29, 0.717) is 15.8 Å². The molecule has 2 N–H and O–H groups in total. The monoisotopic (exact) mass is 431 g/mol. The van der Waals surface area contributed by atoms with Crippen LogP contribution in [0, 0.1) is 0 Å². The predicted molar refractivity (Wildman–Crippen MR) is 108 cm³/mol. The van der Waals surface area contributed by atoms with Gasteiger partial charge in [-0.15, -0.1) is 0 Å². The molecule has 0 aliphatic heterocycles. The van der Waals surface area contributed by atoms with Crippen molar-refractivity contribution in [3.05, 3.63) is 74.9 Å². The Bertz CT molecular complexity index is 879. The Balaban J connectivity index is 1.63. The molecule has 3 rings (SSSR count). The van der Waals surface area contributed by atoms with Crippen LogP contribution >= 0.6 is 27.3 Å². The van der Waals surface area contributed by atoms with Crippen LogP contribution in [0.1, 0.15) is 22.0 Å². The molecule has 0 radical (unpaired) electrons. The first-order valence-corrected chi connectivity index (χ1v) is 9.74. The van der Waals surface area contributed by atoms with Gasteiger partial charge in [-0.1, -0.05) is 24.3 Å². The molecule has 0 saturated carbocycles. The quantitative estimate of drug-likeness (QED) is 0.596. The summed E-state index contributed by atoms with van der Waals surface area (Å²) in [6.45, 7) is 0.125. The first-order chi connectivity index (χ1) is 12.6. The van der Waals surface area contributed by atoms with E-state index < -0.39 is 6.10 Å². The lowest BCUT2D eigenvalue weighted by atomic mass is 10.0. The number of nitrogens with one attached hydrogen (secondary N) is 1. The van der Waals surface area contributed by atoms with E-state index in [1.165, 1.54) is 0 Å². The van der Waals surface area contributed by atoms with E-state index in [9.17, 15) is 9.90 Å². The second kappa shape index (κ2) is 8.49. The SMILES string of the molecule is COc1ccc(Br)c(C(=O)NC[C@@H](O)c2ccc(-c3ccsc3)cc2)c1. The van der Waals surface area contributed by atoms with Crippen LogP contribution in [-0.4, -0.2) is 24.7 Å². The molecule has 26 heavy (non-hydrogen) atoms. The van der Waals surface area contributed by atoms with Gasteiger partial charge in [-0.3, -0.25) is 4.79 Å². The van der Waals surface area contributed by atoms with Crippen molar-refractivity contribution in [1.29, 1.82) is 0 Å². The fraction of sp³-hybridized carbons (Fsp3) is 0.150. The molecule has 2 aromatic carbocycles. The largest absolute Gasteiger partial charge is 0.497 e. The number of aliphatic hydroxyl groups is 1. The van der Waals surface area contributed by atoms with E-state index in [-0.39, 0.29) is 12.5 Å². The molecule has 0 spiro atoms. The minimum Gasteiger partial charge on any atom is -0.497 e. The first kappa shape index (κ1) is 18.6. The predicted octanol–water partition coefficient (Wildman–Crippen LogP) is 4.65. The van der Waals surface area contributed by atoms with Crippen molar-refractivity contribution in [1.82, 2.24) is 5.32 Å². The number of ether oxygens (including phenoxy) is 1. The number of carbonyl (C=O) groups is 1. The van der Waals surface area contributed by atoms with Crippen LogP contribution in [0.2, 0.25) is 0 Å². The highest BCUT2D eigenvalue weighted by Gasteiger charge is 2.14. The summed E-state index contributed by atoms with van der Waals surface area (Å²) in [6.07, 6.45) is -0.778. The lowest BCUT2D eigenvalue weighted by molar-refractivity contribution is 0.0915. The number of amides is 1. The lowest BCUT2D eigenvalue weighted by Crippen LogP contribution is -2.28. The van der Waals surface area contributed by atoms with Gasteiger partial charge in [0.1, 0.15) is 5.75 Å². The van der Waals surface area contributed by atoms with Gasteiger partial charge in [-0.05, 0) is 67.6 Å². The van der Waals surface area contributed by atoms with Gasteiger partial charge in [-0.2, -0.15) is 11.3 Å². The highest BCUT2D eigenvalue weighted by Crippen LogP contribution is 2.25. The molecule has 134 valence electrons. The number of methoxy groups -OCH3 is 1. The molecule has 0 saturated heterocycles. The van der Waals surface area contributed by atoms with Gasteiger partial charge in [0.05, 0.1) is 18.8 Å². The minimum atomic E-state index is -0.778. The van der Waals surface area contributed by atoms with E-state index >= 15 is 0 Å². The Kier molecular flexibility index (Phi) is 6.08. The number of aliphatic hydroxyl groups excluding tert-OH is 1. The number of carbonyl (C=O) groups excluding carboxylic acids is 1. The molecule has 1 amide bonds. The molecule has 0 aliphatic carbocycles. The number of benzene rings is 2. The Labute approximate surface area is 164 Å². The second-order valence-corrected chi connectivity index (χ2v) is 7.34. The van der Waals surface area contributed by atoms with Crippen LogP contribution in [0.5, 0.6) is 5.75 Å².